The molecule has 2 nitrogen and oxygen atoms in total. The van der Waals surface area contributed by atoms with Crippen LogP contribution in [0.25, 0.3) is 0 Å². The summed E-state index contributed by atoms with van der Waals surface area (Å²) in [5.74, 6) is 1.00. The number of ketones is 1. The van der Waals surface area contributed by atoms with E-state index in [0.717, 1.165) is 38.6 Å². The van der Waals surface area contributed by atoms with E-state index in [-0.39, 0.29) is 15.7 Å². The second kappa shape index (κ2) is 8.68. The van der Waals surface area contributed by atoms with Gasteiger partial charge in [-0.3, -0.25) is 4.79 Å². The first-order valence-electron chi connectivity index (χ1n) is 9.52. The molecule has 3 aliphatic rings. The molecule has 0 saturated carbocycles. The van der Waals surface area contributed by atoms with Gasteiger partial charge in [-0.15, -0.1) is 11.8 Å². The second-order valence-electron chi connectivity index (χ2n) is 6.95. The third kappa shape index (κ3) is 4.11. The Morgan fingerprint density at radius 2 is 2.12 bits per heavy atom. The van der Waals surface area contributed by atoms with Crippen molar-refractivity contribution in [3.63, 3.8) is 0 Å². The predicted molar refractivity (Wildman–Crippen MR) is 112 cm³/mol. The number of thioether (sulfide) groups is 1. The maximum atomic E-state index is 12.4. The Labute approximate surface area is 161 Å². The molecule has 25 heavy (non-hydrogen) atoms. The predicted octanol–water partition coefficient (Wildman–Crippen LogP) is 5.36. The van der Waals surface area contributed by atoms with Gasteiger partial charge in [0.05, 0.1) is 9.83 Å². The van der Waals surface area contributed by atoms with Gasteiger partial charge in [-0.1, -0.05) is 37.3 Å². The molecule has 136 valence electrons. The number of carbonyl (C=O) groups excluding carboxylic acids is 1. The SMILES string of the molecule is CCC1C(=O)C(C/C=C/CC2C=CN(CC)C3=C2C=CCC3)SC1S. The highest BCUT2D eigenvalue weighted by molar-refractivity contribution is 8.11. The lowest BCUT2D eigenvalue weighted by Gasteiger charge is -2.33. The zero-order valence-electron chi connectivity index (χ0n) is 15.2. The van der Waals surface area contributed by atoms with E-state index in [1.165, 1.54) is 11.3 Å². The molecule has 2 heterocycles. The molecule has 1 saturated heterocycles. The molecule has 4 unspecified atom stereocenters. The largest absolute Gasteiger partial charge is 0.352 e. The molecular formula is C21H29NOS2. The first-order chi connectivity index (χ1) is 12.2. The third-order valence-corrected chi connectivity index (χ3v) is 7.53. The Bertz CT molecular complexity index is 619. The highest BCUT2D eigenvalue weighted by atomic mass is 32.2. The van der Waals surface area contributed by atoms with Crippen LogP contribution in [0.1, 0.15) is 46.0 Å². The molecule has 1 fully saturated rings. The van der Waals surface area contributed by atoms with Gasteiger partial charge >= 0.3 is 0 Å². The Balaban J connectivity index is 1.57. The zero-order chi connectivity index (χ0) is 17.8. The van der Waals surface area contributed by atoms with E-state index in [2.05, 4.69) is 68.0 Å². The van der Waals surface area contributed by atoms with Crippen molar-refractivity contribution in [2.45, 2.75) is 55.8 Å². The number of hydrogen-bond acceptors (Lipinski definition) is 4. The normalized spacial score (nSPS) is 32.1. The molecule has 0 aromatic heterocycles. The van der Waals surface area contributed by atoms with Crippen molar-refractivity contribution in [1.29, 1.82) is 0 Å². The second-order valence-corrected chi connectivity index (χ2v) is 9.21. The van der Waals surface area contributed by atoms with Crippen LogP contribution in [0, 0.1) is 11.8 Å². The van der Waals surface area contributed by atoms with Crippen LogP contribution in [0.15, 0.2) is 47.9 Å². The van der Waals surface area contributed by atoms with E-state index >= 15 is 0 Å². The smallest absolute Gasteiger partial charge is 0.151 e. The molecule has 0 amide bonds. The molecule has 0 radical (unpaired) electrons. The Morgan fingerprint density at radius 3 is 2.84 bits per heavy atom. The number of thiol groups is 1. The van der Waals surface area contributed by atoms with E-state index in [9.17, 15) is 4.79 Å². The topological polar surface area (TPSA) is 20.3 Å². The fourth-order valence-corrected chi connectivity index (χ4v) is 6.15. The fraction of sp³-hybridized carbons (Fsp3) is 0.571. The first kappa shape index (κ1) is 18.9. The van der Waals surface area contributed by atoms with Gasteiger partial charge in [-0.2, -0.15) is 12.6 Å². The average molecular weight is 376 g/mol. The van der Waals surface area contributed by atoms with Gasteiger partial charge < -0.3 is 4.90 Å². The van der Waals surface area contributed by atoms with Crippen molar-refractivity contribution in [1.82, 2.24) is 4.90 Å². The summed E-state index contributed by atoms with van der Waals surface area (Å²) in [6.45, 7) is 5.33. The summed E-state index contributed by atoms with van der Waals surface area (Å²) in [7, 11) is 0. The van der Waals surface area contributed by atoms with Crippen LogP contribution in [-0.2, 0) is 4.79 Å². The third-order valence-electron chi connectivity index (χ3n) is 5.44. The molecule has 4 heteroatoms. The molecule has 0 bridgehead atoms. The van der Waals surface area contributed by atoms with Gasteiger partial charge in [-0.25, -0.2) is 0 Å². The van der Waals surface area contributed by atoms with Crippen LogP contribution < -0.4 is 0 Å². The number of Topliss-reactive ketones (excluding diaryl/α,β-unsaturated/α-hetero) is 1. The Hall–Kier alpha value is -0.870. The summed E-state index contributed by atoms with van der Waals surface area (Å²) in [5.41, 5.74) is 2.98. The molecule has 0 aromatic rings. The highest BCUT2D eigenvalue weighted by Gasteiger charge is 2.39. The van der Waals surface area contributed by atoms with Crippen molar-refractivity contribution in [3.8, 4) is 0 Å². The van der Waals surface area contributed by atoms with Crippen molar-refractivity contribution in [2.75, 3.05) is 6.54 Å². The summed E-state index contributed by atoms with van der Waals surface area (Å²) in [6, 6.07) is 0. The van der Waals surface area contributed by atoms with Crippen molar-refractivity contribution in [2.24, 2.45) is 11.8 Å². The van der Waals surface area contributed by atoms with Crippen LogP contribution in [0.2, 0.25) is 0 Å². The summed E-state index contributed by atoms with van der Waals surface area (Å²) >= 11 is 6.31. The van der Waals surface area contributed by atoms with Crippen LogP contribution in [0.4, 0.5) is 0 Å². The minimum Gasteiger partial charge on any atom is -0.352 e. The summed E-state index contributed by atoms with van der Waals surface area (Å²) in [6.07, 6.45) is 18.7. The number of allylic oxidation sites excluding steroid dienone is 7. The average Bonchev–Trinajstić information content (AvgIpc) is 2.91. The van der Waals surface area contributed by atoms with E-state index in [4.69, 9.17) is 0 Å². The zero-order valence-corrected chi connectivity index (χ0v) is 16.9. The fourth-order valence-electron chi connectivity index (χ4n) is 3.97. The van der Waals surface area contributed by atoms with Gasteiger partial charge in [0.2, 0.25) is 0 Å². The molecule has 0 aromatic carbocycles. The number of hydrogen-bond donors (Lipinski definition) is 1. The lowest BCUT2D eigenvalue weighted by Crippen LogP contribution is -2.24. The van der Waals surface area contributed by atoms with Crippen molar-refractivity contribution in [3.05, 3.63) is 47.9 Å². The van der Waals surface area contributed by atoms with E-state index < -0.39 is 0 Å². The van der Waals surface area contributed by atoms with E-state index in [1.54, 1.807) is 11.8 Å². The van der Waals surface area contributed by atoms with Crippen LogP contribution >= 0.6 is 24.4 Å². The highest BCUT2D eigenvalue weighted by Crippen LogP contribution is 2.41. The van der Waals surface area contributed by atoms with Crippen LogP contribution in [-0.4, -0.2) is 27.1 Å². The number of nitrogens with zero attached hydrogens (tertiary/aromatic N) is 1. The minimum absolute atomic E-state index is 0.102. The maximum Gasteiger partial charge on any atom is 0.151 e. The monoisotopic (exact) mass is 375 g/mol. The molecular weight excluding hydrogens is 346 g/mol. The molecule has 0 N–H and O–H groups in total. The molecule has 1 aliphatic carbocycles. The summed E-state index contributed by atoms with van der Waals surface area (Å²) < 4.78 is 0.178. The molecule has 0 spiro atoms. The van der Waals surface area contributed by atoms with E-state index in [1.807, 2.05) is 0 Å². The van der Waals surface area contributed by atoms with Gasteiger partial charge in [0.25, 0.3) is 0 Å². The Kier molecular flexibility index (Phi) is 6.56. The lowest BCUT2D eigenvalue weighted by molar-refractivity contribution is -0.121. The minimum atomic E-state index is 0.102. The van der Waals surface area contributed by atoms with Crippen LogP contribution in [0.3, 0.4) is 0 Å². The quantitative estimate of drug-likeness (QED) is 0.498. The summed E-state index contributed by atoms with van der Waals surface area (Å²) in [5, 5.41) is 0.102. The van der Waals surface area contributed by atoms with Gasteiger partial charge in [0, 0.05) is 30.3 Å². The first-order valence-corrected chi connectivity index (χ1v) is 11.0. The standard InChI is InChI=1S/C21H29NOS2/c1-3-16-20(23)19(25-21(16)24)12-8-5-9-15-13-14-22(4-2)18-11-7-6-10-17(15)18/h5-6,8,10,13-16,19,21,24H,3-4,7,9,11-12H2,1-2H3/b8-5+. The lowest BCUT2D eigenvalue weighted by atomic mass is 9.86. The van der Waals surface area contributed by atoms with Crippen molar-refractivity contribution >= 4 is 30.2 Å². The Morgan fingerprint density at radius 1 is 1.32 bits per heavy atom. The van der Waals surface area contributed by atoms with Crippen molar-refractivity contribution < 1.29 is 4.79 Å². The van der Waals surface area contributed by atoms with E-state index in [0.29, 0.717) is 11.7 Å². The molecule has 2 aliphatic heterocycles. The molecule has 4 atom stereocenters. The maximum absolute atomic E-state index is 12.4. The number of rotatable bonds is 6. The summed E-state index contributed by atoms with van der Waals surface area (Å²) in [4.78, 5) is 14.7. The van der Waals surface area contributed by atoms with Gasteiger partial charge in [0.15, 0.2) is 5.78 Å². The molecule has 3 rings (SSSR count). The van der Waals surface area contributed by atoms with Gasteiger partial charge in [-0.05, 0) is 44.6 Å². The number of carbonyl (C=O) groups is 1. The van der Waals surface area contributed by atoms with Crippen LogP contribution in [0.5, 0.6) is 0 Å². The van der Waals surface area contributed by atoms with Gasteiger partial charge in [0.1, 0.15) is 0 Å².